The lowest BCUT2D eigenvalue weighted by molar-refractivity contribution is 0.571. The molecule has 2 aromatic rings. The van der Waals surface area contributed by atoms with Crippen molar-refractivity contribution in [3.8, 4) is 0 Å². The first-order valence-corrected chi connectivity index (χ1v) is 6.26. The molecule has 94 valence electrons. The van der Waals surface area contributed by atoms with E-state index in [1.807, 2.05) is 24.3 Å². The van der Waals surface area contributed by atoms with Crippen LogP contribution in [-0.4, -0.2) is 0 Å². The van der Waals surface area contributed by atoms with Crippen molar-refractivity contribution in [1.82, 2.24) is 5.32 Å². The smallest absolute Gasteiger partial charge is 0.123 e. The topological polar surface area (TPSA) is 12.0 Å². The van der Waals surface area contributed by atoms with Gasteiger partial charge in [0.2, 0.25) is 0 Å². The number of halogens is 2. The van der Waals surface area contributed by atoms with Crippen LogP contribution < -0.4 is 5.32 Å². The maximum absolute atomic E-state index is 12.8. The highest BCUT2D eigenvalue weighted by Gasteiger charge is 2.04. The Kier molecular flexibility index (Phi) is 4.34. The molecule has 1 unspecified atom stereocenters. The molecule has 0 spiro atoms. The van der Waals surface area contributed by atoms with E-state index in [0.29, 0.717) is 0 Å². The van der Waals surface area contributed by atoms with Gasteiger partial charge in [-0.1, -0.05) is 35.9 Å². The molecule has 3 heteroatoms. The highest BCUT2D eigenvalue weighted by Crippen LogP contribution is 2.15. The summed E-state index contributed by atoms with van der Waals surface area (Å²) in [6.07, 6.45) is 0. The van der Waals surface area contributed by atoms with E-state index in [4.69, 9.17) is 11.6 Å². The second-order valence-corrected chi connectivity index (χ2v) is 4.72. The van der Waals surface area contributed by atoms with Gasteiger partial charge >= 0.3 is 0 Å². The quantitative estimate of drug-likeness (QED) is 0.866. The van der Waals surface area contributed by atoms with E-state index in [1.54, 1.807) is 12.1 Å². The van der Waals surface area contributed by atoms with Crippen molar-refractivity contribution in [2.75, 3.05) is 0 Å². The molecule has 0 saturated carbocycles. The number of benzene rings is 2. The van der Waals surface area contributed by atoms with E-state index in [2.05, 4.69) is 12.2 Å². The molecular formula is C15H15ClFN. The zero-order chi connectivity index (χ0) is 13.0. The fourth-order valence-corrected chi connectivity index (χ4v) is 2.00. The summed E-state index contributed by atoms with van der Waals surface area (Å²) in [7, 11) is 0. The molecule has 0 radical (unpaired) electrons. The Hall–Kier alpha value is -1.38. The van der Waals surface area contributed by atoms with E-state index in [0.717, 1.165) is 22.7 Å². The van der Waals surface area contributed by atoms with Crippen molar-refractivity contribution in [2.24, 2.45) is 0 Å². The van der Waals surface area contributed by atoms with Gasteiger partial charge in [-0.2, -0.15) is 0 Å². The third-order valence-corrected chi connectivity index (χ3v) is 3.11. The average molecular weight is 264 g/mol. The first-order valence-electron chi connectivity index (χ1n) is 5.88. The Labute approximate surface area is 112 Å². The number of rotatable bonds is 4. The fraction of sp³-hybridized carbons (Fsp3) is 0.200. The number of hydrogen-bond donors (Lipinski definition) is 1. The summed E-state index contributed by atoms with van der Waals surface area (Å²) < 4.78 is 12.8. The van der Waals surface area contributed by atoms with Gasteiger partial charge in [0.25, 0.3) is 0 Å². The summed E-state index contributed by atoms with van der Waals surface area (Å²) >= 11 is 5.93. The molecule has 2 aromatic carbocycles. The standard InChI is InChI=1S/C15H15ClFN/c1-11(13-5-7-15(17)8-6-13)18-10-12-3-2-4-14(16)9-12/h2-9,11,18H,10H2,1H3. The maximum Gasteiger partial charge on any atom is 0.123 e. The predicted octanol–water partition coefficient (Wildman–Crippen LogP) is 4.33. The Morgan fingerprint density at radius 3 is 2.56 bits per heavy atom. The van der Waals surface area contributed by atoms with Crippen LogP contribution >= 0.6 is 11.6 Å². The van der Waals surface area contributed by atoms with E-state index < -0.39 is 0 Å². The van der Waals surface area contributed by atoms with Gasteiger partial charge in [-0.3, -0.25) is 0 Å². The summed E-state index contributed by atoms with van der Waals surface area (Å²) in [5.41, 5.74) is 2.20. The molecule has 0 bridgehead atoms. The Bertz CT molecular complexity index is 510. The molecule has 2 rings (SSSR count). The van der Waals surface area contributed by atoms with E-state index in [-0.39, 0.29) is 11.9 Å². The average Bonchev–Trinajstić information content (AvgIpc) is 2.37. The Balaban J connectivity index is 1.96. The second kappa shape index (κ2) is 5.98. The van der Waals surface area contributed by atoms with Crippen molar-refractivity contribution in [3.05, 3.63) is 70.5 Å². The monoisotopic (exact) mass is 263 g/mol. The summed E-state index contributed by atoms with van der Waals surface area (Å²) in [6.45, 7) is 2.79. The number of hydrogen-bond acceptors (Lipinski definition) is 1. The van der Waals surface area contributed by atoms with Crippen LogP contribution in [0.15, 0.2) is 48.5 Å². The lowest BCUT2D eigenvalue weighted by atomic mass is 10.1. The fourth-order valence-electron chi connectivity index (χ4n) is 1.79. The molecule has 1 N–H and O–H groups in total. The molecule has 0 amide bonds. The van der Waals surface area contributed by atoms with E-state index >= 15 is 0 Å². The van der Waals surface area contributed by atoms with Crippen LogP contribution in [0.3, 0.4) is 0 Å². The highest BCUT2D eigenvalue weighted by molar-refractivity contribution is 6.30. The van der Waals surface area contributed by atoms with Crippen molar-refractivity contribution < 1.29 is 4.39 Å². The van der Waals surface area contributed by atoms with E-state index in [1.165, 1.54) is 12.1 Å². The van der Waals surface area contributed by atoms with E-state index in [9.17, 15) is 4.39 Å². The zero-order valence-electron chi connectivity index (χ0n) is 10.2. The molecule has 18 heavy (non-hydrogen) atoms. The molecule has 0 saturated heterocycles. The maximum atomic E-state index is 12.8. The zero-order valence-corrected chi connectivity index (χ0v) is 10.9. The third kappa shape index (κ3) is 3.56. The van der Waals surface area contributed by atoms with Crippen LogP contribution in [0.1, 0.15) is 24.1 Å². The van der Waals surface area contributed by atoms with Gasteiger partial charge in [0, 0.05) is 17.6 Å². The predicted molar refractivity (Wildman–Crippen MR) is 73.1 cm³/mol. The third-order valence-electron chi connectivity index (χ3n) is 2.87. The SMILES string of the molecule is CC(NCc1cccc(Cl)c1)c1ccc(F)cc1. The summed E-state index contributed by atoms with van der Waals surface area (Å²) in [4.78, 5) is 0. The summed E-state index contributed by atoms with van der Waals surface area (Å²) in [5, 5.41) is 4.12. The Morgan fingerprint density at radius 2 is 1.89 bits per heavy atom. The highest BCUT2D eigenvalue weighted by atomic mass is 35.5. The summed E-state index contributed by atoms with van der Waals surface area (Å²) in [6, 6.07) is 14.5. The van der Waals surface area contributed by atoms with Gasteiger partial charge in [0.1, 0.15) is 5.82 Å². The van der Waals surface area contributed by atoms with Crippen LogP contribution in [0.2, 0.25) is 5.02 Å². The Morgan fingerprint density at radius 1 is 1.17 bits per heavy atom. The minimum Gasteiger partial charge on any atom is -0.306 e. The molecule has 1 nitrogen and oxygen atoms in total. The summed E-state index contributed by atoms with van der Waals surface area (Å²) in [5.74, 6) is -0.208. The van der Waals surface area contributed by atoms with Crippen LogP contribution in [0, 0.1) is 5.82 Å². The molecule has 0 aromatic heterocycles. The van der Waals surface area contributed by atoms with Crippen LogP contribution in [0.5, 0.6) is 0 Å². The first kappa shape index (κ1) is 13.1. The lowest BCUT2D eigenvalue weighted by Crippen LogP contribution is -2.18. The van der Waals surface area contributed by atoms with Crippen molar-refractivity contribution >= 4 is 11.6 Å². The molecule has 1 atom stereocenters. The van der Waals surface area contributed by atoms with Crippen molar-refractivity contribution in [2.45, 2.75) is 19.5 Å². The van der Waals surface area contributed by atoms with Gasteiger partial charge in [-0.15, -0.1) is 0 Å². The van der Waals surface area contributed by atoms with Crippen LogP contribution in [0.25, 0.3) is 0 Å². The lowest BCUT2D eigenvalue weighted by Gasteiger charge is -2.14. The van der Waals surface area contributed by atoms with Gasteiger partial charge in [0.15, 0.2) is 0 Å². The normalized spacial score (nSPS) is 12.4. The first-order chi connectivity index (χ1) is 8.65. The van der Waals surface area contributed by atoms with Gasteiger partial charge < -0.3 is 5.32 Å². The molecule has 0 aliphatic rings. The van der Waals surface area contributed by atoms with Gasteiger partial charge in [0.05, 0.1) is 0 Å². The molecule has 0 fully saturated rings. The van der Waals surface area contributed by atoms with Gasteiger partial charge in [-0.25, -0.2) is 4.39 Å². The van der Waals surface area contributed by atoms with Crippen LogP contribution in [0.4, 0.5) is 4.39 Å². The minimum atomic E-state index is -0.208. The molecule has 0 aliphatic carbocycles. The molecule has 0 aliphatic heterocycles. The van der Waals surface area contributed by atoms with Crippen molar-refractivity contribution in [1.29, 1.82) is 0 Å². The largest absolute Gasteiger partial charge is 0.306 e. The molecule has 0 heterocycles. The van der Waals surface area contributed by atoms with Gasteiger partial charge in [-0.05, 0) is 42.3 Å². The number of nitrogens with one attached hydrogen (secondary N) is 1. The minimum absolute atomic E-state index is 0.171. The van der Waals surface area contributed by atoms with Crippen molar-refractivity contribution in [3.63, 3.8) is 0 Å². The molecular weight excluding hydrogens is 249 g/mol. The second-order valence-electron chi connectivity index (χ2n) is 4.28. The van der Waals surface area contributed by atoms with Crippen LogP contribution in [-0.2, 0) is 6.54 Å².